The lowest BCUT2D eigenvalue weighted by molar-refractivity contribution is 0.158. The van der Waals surface area contributed by atoms with Crippen LogP contribution in [0.2, 0.25) is 0 Å². The molecule has 1 aromatic rings. The molecule has 0 bridgehead atoms. The number of thiol groups is 1. The van der Waals surface area contributed by atoms with E-state index in [1.54, 1.807) is 6.08 Å². The van der Waals surface area contributed by atoms with Crippen molar-refractivity contribution in [2.24, 2.45) is 0 Å². The van der Waals surface area contributed by atoms with E-state index in [1.165, 1.54) is 30.2 Å². The maximum absolute atomic E-state index is 13.0. The standard InChI is InChI=1S/C22H29FN2OS/c23-18-3-5-20(6-4-18)26-15-1-11-24-12-9-19(10-13-24)25-14-8-17-2-7-21(27)16-22(17)25/h2-3,5,7,16,19,27H,1,4,6,8-15H2. The third-order valence-electron chi connectivity index (χ3n) is 5.96. The second-order valence-electron chi connectivity index (χ2n) is 7.78. The van der Waals surface area contributed by atoms with Crippen molar-refractivity contribution in [1.29, 1.82) is 0 Å². The highest BCUT2D eigenvalue weighted by molar-refractivity contribution is 7.80. The molecule has 0 radical (unpaired) electrons. The van der Waals surface area contributed by atoms with E-state index < -0.39 is 0 Å². The first-order valence-electron chi connectivity index (χ1n) is 10.2. The Kier molecular flexibility index (Phi) is 6.08. The van der Waals surface area contributed by atoms with Gasteiger partial charge < -0.3 is 14.5 Å². The summed E-state index contributed by atoms with van der Waals surface area (Å²) in [5, 5.41) is 0. The summed E-state index contributed by atoms with van der Waals surface area (Å²) in [5.41, 5.74) is 2.87. The van der Waals surface area contributed by atoms with Crippen molar-refractivity contribution in [3.05, 3.63) is 47.5 Å². The van der Waals surface area contributed by atoms with Gasteiger partial charge in [0.1, 0.15) is 5.83 Å². The highest BCUT2D eigenvalue weighted by Gasteiger charge is 2.29. The summed E-state index contributed by atoms with van der Waals surface area (Å²) in [4.78, 5) is 6.22. The van der Waals surface area contributed by atoms with Gasteiger partial charge in [-0.3, -0.25) is 0 Å². The minimum absolute atomic E-state index is 0.0450. The Hall–Kier alpha value is -1.46. The Morgan fingerprint density at radius 1 is 1.07 bits per heavy atom. The number of anilines is 1. The third kappa shape index (κ3) is 4.69. The monoisotopic (exact) mass is 388 g/mol. The van der Waals surface area contributed by atoms with Gasteiger partial charge >= 0.3 is 0 Å². The van der Waals surface area contributed by atoms with Gasteiger partial charge in [-0.25, -0.2) is 4.39 Å². The summed E-state index contributed by atoms with van der Waals surface area (Å²) in [6.45, 7) is 5.28. The first-order chi connectivity index (χ1) is 13.2. The van der Waals surface area contributed by atoms with Gasteiger partial charge in [-0.2, -0.15) is 0 Å². The Morgan fingerprint density at radius 3 is 2.70 bits per heavy atom. The van der Waals surface area contributed by atoms with Crippen molar-refractivity contribution in [1.82, 2.24) is 4.90 Å². The van der Waals surface area contributed by atoms with Crippen LogP contribution in [-0.2, 0) is 11.2 Å². The molecule has 1 aliphatic carbocycles. The highest BCUT2D eigenvalue weighted by atomic mass is 32.1. The van der Waals surface area contributed by atoms with Crippen LogP contribution in [0.15, 0.2) is 46.8 Å². The summed E-state index contributed by atoms with van der Waals surface area (Å²) >= 11 is 4.52. The van der Waals surface area contributed by atoms with Crippen molar-refractivity contribution < 1.29 is 9.13 Å². The van der Waals surface area contributed by atoms with E-state index in [2.05, 4.69) is 40.6 Å². The molecule has 1 saturated heterocycles. The SMILES string of the molecule is FC1=CC=C(OCCCN2CCC(N3CCc4ccc(S)cc43)CC2)CC1. The average Bonchev–Trinajstić information content (AvgIpc) is 3.10. The molecule has 0 atom stereocenters. The van der Waals surface area contributed by atoms with Crippen LogP contribution in [0.4, 0.5) is 10.1 Å². The van der Waals surface area contributed by atoms with E-state index in [-0.39, 0.29) is 5.83 Å². The molecule has 27 heavy (non-hydrogen) atoms. The maximum Gasteiger partial charge on any atom is 0.100 e. The number of ether oxygens (including phenoxy) is 1. The zero-order valence-electron chi connectivity index (χ0n) is 15.9. The smallest absolute Gasteiger partial charge is 0.100 e. The second kappa shape index (κ2) is 8.70. The summed E-state index contributed by atoms with van der Waals surface area (Å²) in [5.74, 6) is 0.878. The van der Waals surface area contributed by atoms with E-state index in [0.717, 1.165) is 56.3 Å². The largest absolute Gasteiger partial charge is 0.498 e. The molecule has 146 valence electrons. The molecule has 0 saturated carbocycles. The number of rotatable bonds is 6. The number of nitrogens with zero attached hydrogens (tertiary/aromatic N) is 2. The molecule has 0 unspecified atom stereocenters. The van der Waals surface area contributed by atoms with Crippen LogP contribution in [0.25, 0.3) is 0 Å². The topological polar surface area (TPSA) is 15.7 Å². The highest BCUT2D eigenvalue weighted by Crippen LogP contribution is 2.34. The van der Waals surface area contributed by atoms with Gasteiger partial charge in [-0.1, -0.05) is 6.07 Å². The number of fused-ring (bicyclic) bond motifs is 1. The first kappa shape index (κ1) is 18.9. The normalized spacial score (nSPS) is 21.0. The van der Waals surface area contributed by atoms with Crippen molar-refractivity contribution in [3.8, 4) is 0 Å². The number of halogens is 1. The second-order valence-corrected chi connectivity index (χ2v) is 8.29. The van der Waals surface area contributed by atoms with Crippen molar-refractivity contribution in [2.45, 2.75) is 49.5 Å². The summed E-state index contributed by atoms with van der Waals surface area (Å²) < 4.78 is 18.8. The van der Waals surface area contributed by atoms with E-state index in [4.69, 9.17) is 4.74 Å². The first-order valence-corrected chi connectivity index (χ1v) is 10.6. The number of likely N-dealkylation sites (tertiary alicyclic amines) is 1. The van der Waals surface area contributed by atoms with Crippen LogP contribution in [-0.4, -0.2) is 43.7 Å². The molecule has 2 aliphatic heterocycles. The number of piperidine rings is 1. The fourth-order valence-electron chi connectivity index (χ4n) is 4.43. The van der Waals surface area contributed by atoms with Gasteiger partial charge in [-0.05, 0) is 55.5 Å². The van der Waals surface area contributed by atoms with Crippen molar-refractivity contribution >= 4 is 18.3 Å². The van der Waals surface area contributed by atoms with Gasteiger partial charge in [0.15, 0.2) is 0 Å². The van der Waals surface area contributed by atoms with Gasteiger partial charge in [-0.15, -0.1) is 12.6 Å². The Bertz CT molecular complexity index is 725. The van der Waals surface area contributed by atoms with E-state index in [1.807, 2.05) is 0 Å². The van der Waals surface area contributed by atoms with Gasteiger partial charge in [0.2, 0.25) is 0 Å². The fourth-order valence-corrected chi connectivity index (χ4v) is 4.63. The molecule has 4 rings (SSSR count). The lowest BCUT2D eigenvalue weighted by atomic mass is 10.0. The molecule has 1 fully saturated rings. The molecule has 0 spiro atoms. The lowest BCUT2D eigenvalue weighted by Gasteiger charge is -2.38. The molecular weight excluding hydrogens is 359 g/mol. The predicted molar refractivity (Wildman–Crippen MR) is 111 cm³/mol. The number of allylic oxidation sites excluding steroid dienone is 4. The van der Waals surface area contributed by atoms with Crippen molar-refractivity contribution in [2.75, 3.05) is 37.7 Å². The number of benzene rings is 1. The molecule has 1 aromatic carbocycles. The minimum atomic E-state index is -0.0450. The van der Waals surface area contributed by atoms with Gasteiger partial charge in [0, 0.05) is 55.6 Å². The third-order valence-corrected chi connectivity index (χ3v) is 6.24. The Morgan fingerprint density at radius 2 is 1.93 bits per heavy atom. The van der Waals surface area contributed by atoms with Crippen LogP contribution in [0.5, 0.6) is 0 Å². The molecule has 3 nitrogen and oxygen atoms in total. The number of hydrogen-bond acceptors (Lipinski definition) is 4. The van der Waals surface area contributed by atoms with E-state index in [9.17, 15) is 4.39 Å². The van der Waals surface area contributed by atoms with Crippen LogP contribution in [0.1, 0.15) is 37.7 Å². The Balaban J connectivity index is 1.19. The molecule has 0 N–H and O–H groups in total. The van der Waals surface area contributed by atoms with Crippen LogP contribution in [0, 0.1) is 0 Å². The quantitative estimate of drug-likeness (QED) is 0.560. The van der Waals surface area contributed by atoms with Gasteiger partial charge in [0.05, 0.1) is 12.4 Å². The summed E-state index contributed by atoms with van der Waals surface area (Å²) in [6, 6.07) is 7.23. The molecule has 0 aromatic heterocycles. The van der Waals surface area contributed by atoms with Crippen LogP contribution in [0.3, 0.4) is 0 Å². The lowest BCUT2D eigenvalue weighted by Crippen LogP contribution is -2.44. The average molecular weight is 389 g/mol. The van der Waals surface area contributed by atoms with Crippen molar-refractivity contribution in [3.63, 3.8) is 0 Å². The molecular formula is C22H29FN2OS. The summed E-state index contributed by atoms with van der Waals surface area (Å²) in [6.07, 6.45) is 9.12. The van der Waals surface area contributed by atoms with E-state index in [0.29, 0.717) is 18.9 Å². The Labute approximate surface area is 167 Å². The molecule has 5 heteroatoms. The fraction of sp³-hybridized carbons (Fsp3) is 0.545. The molecule has 0 amide bonds. The van der Waals surface area contributed by atoms with Crippen LogP contribution < -0.4 is 4.90 Å². The maximum atomic E-state index is 13.0. The van der Waals surface area contributed by atoms with Crippen LogP contribution >= 0.6 is 12.6 Å². The number of hydrogen-bond donors (Lipinski definition) is 1. The predicted octanol–water partition coefficient (Wildman–Crippen LogP) is 4.74. The zero-order valence-corrected chi connectivity index (χ0v) is 16.8. The van der Waals surface area contributed by atoms with Gasteiger partial charge in [0.25, 0.3) is 0 Å². The molecule has 2 heterocycles. The summed E-state index contributed by atoms with van der Waals surface area (Å²) in [7, 11) is 0. The van der Waals surface area contributed by atoms with E-state index >= 15 is 0 Å². The minimum Gasteiger partial charge on any atom is -0.498 e. The molecule has 3 aliphatic rings. The zero-order chi connectivity index (χ0) is 18.6.